The second-order valence-electron chi connectivity index (χ2n) is 10.4. The predicted molar refractivity (Wildman–Crippen MR) is 131 cm³/mol. The highest BCUT2D eigenvalue weighted by atomic mass is 16.6. The van der Waals surface area contributed by atoms with Crippen molar-refractivity contribution in [3.05, 3.63) is 34.4 Å². The van der Waals surface area contributed by atoms with Gasteiger partial charge >= 0.3 is 11.8 Å². The van der Waals surface area contributed by atoms with E-state index in [1.807, 2.05) is 26.8 Å². The quantitative estimate of drug-likeness (QED) is 0.450. The van der Waals surface area contributed by atoms with Crippen molar-refractivity contribution in [3.63, 3.8) is 0 Å². The van der Waals surface area contributed by atoms with E-state index in [-0.39, 0.29) is 22.8 Å². The molecule has 1 aliphatic carbocycles. The highest BCUT2D eigenvalue weighted by Gasteiger charge is 2.33. The van der Waals surface area contributed by atoms with Crippen LogP contribution in [0, 0.1) is 10.1 Å². The molecular formula is C25H36N4O5. The van der Waals surface area contributed by atoms with Gasteiger partial charge in [0.05, 0.1) is 11.0 Å². The number of carbonyl (C=O) groups is 1. The lowest BCUT2D eigenvalue weighted by atomic mass is 10.00. The molecule has 1 saturated carbocycles. The summed E-state index contributed by atoms with van der Waals surface area (Å²) in [7, 11) is 0. The fourth-order valence-corrected chi connectivity index (χ4v) is 4.68. The first-order chi connectivity index (χ1) is 16.1. The number of piperazine rings is 1. The number of nitrogens with zero attached hydrogens (tertiary/aromatic N) is 4. The third-order valence-corrected chi connectivity index (χ3v) is 6.63. The maximum atomic E-state index is 12.3. The Hall–Kier alpha value is -2.81. The van der Waals surface area contributed by atoms with Gasteiger partial charge in [0.25, 0.3) is 0 Å². The van der Waals surface area contributed by atoms with Crippen LogP contribution >= 0.6 is 0 Å². The van der Waals surface area contributed by atoms with E-state index in [4.69, 9.17) is 9.47 Å². The van der Waals surface area contributed by atoms with E-state index in [0.717, 1.165) is 63.1 Å². The fourth-order valence-electron chi connectivity index (χ4n) is 4.68. The summed E-state index contributed by atoms with van der Waals surface area (Å²) in [5, 5.41) is 11.6. The molecule has 0 N–H and O–H groups in total. The van der Waals surface area contributed by atoms with E-state index < -0.39 is 5.60 Å². The predicted octanol–water partition coefficient (Wildman–Crippen LogP) is 4.30. The number of ether oxygens (including phenoxy) is 2. The Morgan fingerprint density at radius 3 is 2.26 bits per heavy atom. The summed E-state index contributed by atoms with van der Waals surface area (Å²) in [5.74, 6) is 0.355. The third-order valence-electron chi connectivity index (χ3n) is 6.63. The average molecular weight is 473 g/mol. The van der Waals surface area contributed by atoms with Gasteiger partial charge in [-0.3, -0.25) is 15.0 Å². The molecule has 3 fully saturated rings. The van der Waals surface area contributed by atoms with Gasteiger partial charge in [0, 0.05) is 68.7 Å². The number of benzene rings is 1. The van der Waals surface area contributed by atoms with Crippen molar-refractivity contribution >= 4 is 23.5 Å². The van der Waals surface area contributed by atoms with Gasteiger partial charge < -0.3 is 19.3 Å². The Balaban J connectivity index is 1.36. The van der Waals surface area contributed by atoms with Crippen LogP contribution in [-0.2, 0) is 4.74 Å². The van der Waals surface area contributed by atoms with Gasteiger partial charge in [0.15, 0.2) is 5.75 Å². The fraction of sp³-hybridized carbons (Fsp3) is 0.640. The molecule has 2 saturated heterocycles. The molecule has 1 amide bonds. The topological polar surface area (TPSA) is 88.4 Å². The number of rotatable bonds is 6. The number of hydrogen-bond donors (Lipinski definition) is 0. The van der Waals surface area contributed by atoms with E-state index in [9.17, 15) is 14.9 Å². The number of hydrogen-bond acceptors (Lipinski definition) is 7. The molecule has 3 aliphatic rings. The highest BCUT2D eigenvalue weighted by Crippen LogP contribution is 2.40. The molecule has 4 rings (SSSR count). The molecular weight excluding hydrogens is 436 g/mol. The van der Waals surface area contributed by atoms with Crippen molar-refractivity contribution < 1.29 is 19.2 Å². The van der Waals surface area contributed by atoms with Crippen molar-refractivity contribution in [2.75, 3.05) is 44.2 Å². The minimum Gasteiger partial charge on any atom is -0.483 e. The van der Waals surface area contributed by atoms with Gasteiger partial charge in [-0.2, -0.15) is 0 Å². The molecule has 2 aliphatic heterocycles. The molecule has 0 spiro atoms. The number of amides is 1. The molecule has 0 atom stereocenters. The van der Waals surface area contributed by atoms with Crippen LogP contribution in [0.25, 0.3) is 6.08 Å². The molecule has 9 nitrogen and oxygen atoms in total. The van der Waals surface area contributed by atoms with Crippen molar-refractivity contribution in [2.45, 2.75) is 64.2 Å². The summed E-state index contributed by atoms with van der Waals surface area (Å²) in [5.41, 5.74) is 1.24. The molecule has 1 aromatic rings. The Morgan fingerprint density at radius 1 is 1.09 bits per heavy atom. The van der Waals surface area contributed by atoms with Crippen LogP contribution in [0.1, 0.15) is 52.0 Å². The van der Waals surface area contributed by atoms with Crippen molar-refractivity contribution in [1.82, 2.24) is 9.80 Å². The molecule has 34 heavy (non-hydrogen) atoms. The van der Waals surface area contributed by atoms with Crippen LogP contribution in [0.3, 0.4) is 0 Å². The molecule has 1 aromatic carbocycles. The SMILES string of the molecule is C=Cc1cc([N+](=O)[O-])c(OC2CC2)cc1N1CCC(N2CCN(C(=O)OC(C)(C)C)CC2)CC1. The minimum absolute atomic E-state index is 0.00305. The Kier molecular flexibility index (Phi) is 7.02. The van der Waals surface area contributed by atoms with Crippen molar-refractivity contribution in [2.24, 2.45) is 0 Å². The zero-order chi connectivity index (χ0) is 24.5. The summed E-state index contributed by atoms with van der Waals surface area (Å²) in [6.07, 6.45) is 5.43. The molecule has 2 heterocycles. The second-order valence-corrected chi connectivity index (χ2v) is 10.4. The summed E-state index contributed by atoms with van der Waals surface area (Å²) in [4.78, 5) is 30.1. The molecule has 0 unspecified atom stereocenters. The highest BCUT2D eigenvalue weighted by molar-refractivity contribution is 5.73. The first-order valence-corrected chi connectivity index (χ1v) is 12.2. The maximum Gasteiger partial charge on any atom is 0.410 e. The zero-order valence-electron chi connectivity index (χ0n) is 20.5. The van der Waals surface area contributed by atoms with Gasteiger partial charge in [-0.15, -0.1) is 0 Å². The first kappa shape index (κ1) is 24.3. The molecule has 0 radical (unpaired) electrons. The first-order valence-electron chi connectivity index (χ1n) is 12.2. The van der Waals surface area contributed by atoms with E-state index in [0.29, 0.717) is 24.9 Å². The number of piperidine rings is 1. The second kappa shape index (κ2) is 9.82. The third kappa shape index (κ3) is 5.81. The van der Waals surface area contributed by atoms with Crippen molar-refractivity contribution in [3.8, 4) is 5.75 Å². The minimum atomic E-state index is -0.479. The van der Waals surface area contributed by atoms with Gasteiger partial charge in [-0.05, 0) is 46.5 Å². The van der Waals surface area contributed by atoms with Crippen LogP contribution in [-0.4, -0.2) is 77.8 Å². The number of anilines is 1. The smallest absolute Gasteiger partial charge is 0.410 e. The molecule has 0 bridgehead atoms. The lowest BCUT2D eigenvalue weighted by Gasteiger charge is -2.43. The number of nitro benzene ring substituents is 1. The van der Waals surface area contributed by atoms with E-state index in [1.165, 1.54) is 0 Å². The molecule has 186 valence electrons. The van der Waals surface area contributed by atoms with Gasteiger partial charge in [0.1, 0.15) is 5.60 Å². The van der Waals surface area contributed by atoms with Gasteiger partial charge in [-0.1, -0.05) is 12.7 Å². The van der Waals surface area contributed by atoms with Crippen LogP contribution in [0.2, 0.25) is 0 Å². The average Bonchev–Trinajstić information content (AvgIpc) is 3.62. The molecule has 0 aromatic heterocycles. The number of carbonyl (C=O) groups excluding carboxylic acids is 1. The monoisotopic (exact) mass is 472 g/mol. The summed E-state index contributed by atoms with van der Waals surface area (Å²) in [6, 6.07) is 3.87. The Bertz CT molecular complexity index is 924. The lowest BCUT2D eigenvalue weighted by Crippen LogP contribution is -2.55. The Morgan fingerprint density at radius 2 is 1.74 bits per heavy atom. The van der Waals surface area contributed by atoms with Crippen LogP contribution < -0.4 is 9.64 Å². The lowest BCUT2D eigenvalue weighted by molar-refractivity contribution is -0.385. The largest absolute Gasteiger partial charge is 0.483 e. The van der Waals surface area contributed by atoms with E-state index in [2.05, 4.69) is 16.4 Å². The Labute approximate surface area is 201 Å². The summed E-state index contributed by atoms with van der Waals surface area (Å²) < 4.78 is 11.4. The standard InChI is InChI=1S/C25H36N4O5/c1-5-18-16-22(29(31)32)23(33-20-6-7-20)17-21(18)27-10-8-19(9-11-27)26-12-14-28(15-13-26)24(30)34-25(2,3)4/h5,16-17,19-20H,1,6-15H2,2-4H3. The van der Waals surface area contributed by atoms with E-state index >= 15 is 0 Å². The molecule has 9 heteroatoms. The summed E-state index contributed by atoms with van der Waals surface area (Å²) >= 11 is 0. The van der Waals surface area contributed by atoms with Crippen LogP contribution in [0.4, 0.5) is 16.2 Å². The maximum absolute atomic E-state index is 12.3. The summed E-state index contributed by atoms with van der Waals surface area (Å²) in [6.45, 7) is 14.3. The van der Waals surface area contributed by atoms with Crippen LogP contribution in [0.15, 0.2) is 18.7 Å². The zero-order valence-corrected chi connectivity index (χ0v) is 20.5. The van der Waals surface area contributed by atoms with Crippen molar-refractivity contribution in [1.29, 1.82) is 0 Å². The number of nitro groups is 1. The van der Waals surface area contributed by atoms with Gasteiger partial charge in [-0.25, -0.2) is 4.79 Å². The van der Waals surface area contributed by atoms with Gasteiger partial charge in [0.2, 0.25) is 0 Å². The van der Waals surface area contributed by atoms with Crippen LogP contribution in [0.5, 0.6) is 5.75 Å². The normalized spacial score (nSPS) is 20.2. The van der Waals surface area contributed by atoms with E-state index in [1.54, 1.807) is 17.0 Å².